The topological polar surface area (TPSA) is 127 Å². The van der Waals surface area contributed by atoms with Gasteiger partial charge in [-0.2, -0.15) is 0 Å². The number of primary amides is 2. The van der Waals surface area contributed by atoms with Crippen LogP contribution in [0, 0.1) is 5.82 Å². The Balaban J connectivity index is 1.77. The molecule has 1 aromatic carbocycles. The van der Waals surface area contributed by atoms with Gasteiger partial charge in [-0.05, 0) is 31.0 Å². The second-order valence-corrected chi connectivity index (χ2v) is 7.24. The Morgan fingerprint density at radius 1 is 1.13 bits per heavy atom. The summed E-state index contributed by atoms with van der Waals surface area (Å²) in [4.78, 5) is 33.8. The van der Waals surface area contributed by atoms with Crippen molar-refractivity contribution in [3.05, 3.63) is 54.0 Å². The summed E-state index contributed by atoms with van der Waals surface area (Å²) < 4.78 is 14.8. The molecule has 0 bridgehead atoms. The van der Waals surface area contributed by atoms with Crippen LogP contribution in [0.3, 0.4) is 0 Å². The quantitative estimate of drug-likeness (QED) is 0.596. The van der Waals surface area contributed by atoms with E-state index in [1.807, 2.05) is 30.3 Å². The highest BCUT2D eigenvalue weighted by Gasteiger charge is 2.31. The van der Waals surface area contributed by atoms with Gasteiger partial charge in [0.05, 0.1) is 23.0 Å². The molecule has 30 heavy (non-hydrogen) atoms. The molecular formula is C21H21FN6O2. The monoisotopic (exact) mass is 408 g/mol. The highest BCUT2D eigenvalue weighted by atomic mass is 19.1. The van der Waals surface area contributed by atoms with Crippen molar-refractivity contribution in [3.8, 4) is 0 Å². The van der Waals surface area contributed by atoms with Crippen LogP contribution in [0.5, 0.6) is 0 Å². The molecule has 0 unspecified atom stereocenters. The standard InChI is InChI=1S/C21H21FN6O2/c22-16-10-15(18(23)29)19(26-13-9-12-5-1-4-8-17(12)25-11-13)27-20(16)28(21(24)30)14-6-2-3-7-14/h1,4-5,8-11,14H,2-3,6-7H2,(H2,23,29)(H2,24,30)(H,26,27). The molecule has 0 spiro atoms. The van der Waals surface area contributed by atoms with E-state index in [9.17, 15) is 14.0 Å². The summed E-state index contributed by atoms with van der Waals surface area (Å²) in [5, 5.41) is 3.85. The SMILES string of the molecule is NC(=O)c1cc(F)c(N(C(N)=O)C2CCCC2)nc1Nc1cnc2ccccc2c1. The Bertz CT molecular complexity index is 1130. The average Bonchev–Trinajstić information content (AvgIpc) is 3.24. The maximum atomic E-state index is 14.8. The van der Waals surface area contributed by atoms with Gasteiger partial charge < -0.3 is 16.8 Å². The normalized spacial score (nSPS) is 14.0. The molecule has 0 radical (unpaired) electrons. The predicted octanol–water partition coefficient (Wildman–Crippen LogP) is 3.44. The lowest BCUT2D eigenvalue weighted by Crippen LogP contribution is -2.43. The van der Waals surface area contributed by atoms with Crippen molar-refractivity contribution in [2.24, 2.45) is 11.5 Å². The van der Waals surface area contributed by atoms with Crippen molar-refractivity contribution < 1.29 is 14.0 Å². The van der Waals surface area contributed by atoms with E-state index in [-0.39, 0.29) is 23.2 Å². The van der Waals surface area contributed by atoms with Crippen molar-refractivity contribution in [1.82, 2.24) is 9.97 Å². The van der Waals surface area contributed by atoms with Crippen LogP contribution >= 0.6 is 0 Å². The first kappa shape index (κ1) is 19.6. The first-order valence-electron chi connectivity index (χ1n) is 9.65. The average molecular weight is 408 g/mol. The van der Waals surface area contributed by atoms with Gasteiger partial charge in [0.15, 0.2) is 11.6 Å². The van der Waals surface area contributed by atoms with Gasteiger partial charge in [0.25, 0.3) is 5.91 Å². The second kappa shape index (κ2) is 7.94. The van der Waals surface area contributed by atoms with Crippen molar-refractivity contribution in [2.75, 3.05) is 10.2 Å². The van der Waals surface area contributed by atoms with Crippen molar-refractivity contribution in [3.63, 3.8) is 0 Å². The van der Waals surface area contributed by atoms with Crippen LogP contribution in [0.25, 0.3) is 10.9 Å². The van der Waals surface area contributed by atoms with Gasteiger partial charge in [0, 0.05) is 11.4 Å². The molecule has 0 aliphatic heterocycles. The highest BCUT2D eigenvalue weighted by Crippen LogP contribution is 2.32. The minimum Gasteiger partial charge on any atom is -0.365 e. The number of aromatic nitrogens is 2. The van der Waals surface area contributed by atoms with E-state index in [2.05, 4.69) is 15.3 Å². The number of urea groups is 1. The van der Waals surface area contributed by atoms with E-state index >= 15 is 0 Å². The van der Waals surface area contributed by atoms with Gasteiger partial charge in [0.2, 0.25) is 0 Å². The number of nitrogens with one attached hydrogen (secondary N) is 1. The zero-order valence-electron chi connectivity index (χ0n) is 16.1. The summed E-state index contributed by atoms with van der Waals surface area (Å²) >= 11 is 0. The lowest BCUT2D eigenvalue weighted by Gasteiger charge is -2.27. The van der Waals surface area contributed by atoms with Gasteiger partial charge in [-0.15, -0.1) is 0 Å². The molecule has 4 rings (SSSR count). The Hall–Kier alpha value is -3.75. The number of anilines is 3. The zero-order valence-corrected chi connectivity index (χ0v) is 16.1. The third kappa shape index (κ3) is 3.73. The third-order valence-electron chi connectivity index (χ3n) is 5.23. The molecule has 5 N–H and O–H groups in total. The maximum Gasteiger partial charge on any atom is 0.320 e. The maximum absolute atomic E-state index is 14.8. The molecule has 1 fully saturated rings. The Labute approximate surface area is 172 Å². The number of halogens is 1. The fraction of sp³-hybridized carbons (Fsp3) is 0.238. The van der Waals surface area contributed by atoms with Crippen LogP contribution in [0.15, 0.2) is 42.6 Å². The number of benzene rings is 1. The first-order chi connectivity index (χ1) is 14.4. The zero-order chi connectivity index (χ0) is 21.3. The van der Waals surface area contributed by atoms with Gasteiger partial charge in [-0.25, -0.2) is 14.2 Å². The van der Waals surface area contributed by atoms with E-state index in [1.54, 1.807) is 6.20 Å². The minimum absolute atomic E-state index is 0.0280. The van der Waals surface area contributed by atoms with Crippen LogP contribution in [-0.4, -0.2) is 27.9 Å². The highest BCUT2D eigenvalue weighted by molar-refractivity contribution is 5.99. The largest absolute Gasteiger partial charge is 0.365 e. The van der Waals surface area contributed by atoms with E-state index in [0.717, 1.165) is 34.7 Å². The van der Waals surface area contributed by atoms with Crippen LogP contribution in [0.2, 0.25) is 0 Å². The molecule has 0 atom stereocenters. The molecule has 0 saturated heterocycles. The second-order valence-electron chi connectivity index (χ2n) is 7.24. The summed E-state index contributed by atoms with van der Waals surface area (Å²) in [6.45, 7) is 0. The number of para-hydroxylation sites is 1. The lowest BCUT2D eigenvalue weighted by atomic mass is 10.1. The molecule has 1 aliphatic rings. The number of hydrogen-bond donors (Lipinski definition) is 3. The van der Waals surface area contributed by atoms with Crippen LogP contribution < -0.4 is 21.7 Å². The summed E-state index contributed by atoms with van der Waals surface area (Å²) in [6, 6.07) is 9.28. The number of nitrogens with two attached hydrogens (primary N) is 2. The van der Waals surface area contributed by atoms with Crippen LogP contribution in [-0.2, 0) is 0 Å². The first-order valence-corrected chi connectivity index (χ1v) is 9.65. The fourth-order valence-corrected chi connectivity index (χ4v) is 3.83. The summed E-state index contributed by atoms with van der Waals surface area (Å²) in [5.74, 6) is -1.89. The lowest BCUT2D eigenvalue weighted by molar-refractivity contribution is 0.100. The number of hydrogen-bond acceptors (Lipinski definition) is 5. The Kier molecular flexibility index (Phi) is 5.18. The smallest absolute Gasteiger partial charge is 0.320 e. The molecule has 3 amide bonds. The van der Waals surface area contributed by atoms with Crippen molar-refractivity contribution >= 4 is 40.2 Å². The molecule has 2 aromatic heterocycles. The molecule has 3 aromatic rings. The Morgan fingerprint density at radius 3 is 2.57 bits per heavy atom. The van der Waals surface area contributed by atoms with E-state index in [1.165, 1.54) is 0 Å². The number of carbonyl (C=O) groups excluding carboxylic acids is 2. The van der Waals surface area contributed by atoms with Gasteiger partial charge in [0.1, 0.15) is 5.82 Å². The number of nitrogens with zero attached hydrogens (tertiary/aromatic N) is 3. The number of rotatable bonds is 5. The molecule has 8 nitrogen and oxygen atoms in total. The molecule has 2 heterocycles. The fourth-order valence-electron chi connectivity index (χ4n) is 3.83. The van der Waals surface area contributed by atoms with Crippen molar-refractivity contribution in [2.45, 2.75) is 31.7 Å². The van der Waals surface area contributed by atoms with E-state index in [0.29, 0.717) is 18.5 Å². The van der Waals surface area contributed by atoms with Crippen LogP contribution in [0.1, 0.15) is 36.0 Å². The summed E-state index contributed by atoms with van der Waals surface area (Å²) in [5.41, 5.74) is 12.2. The summed E-state index contributed by atoms with van der Waals surface area (Å²) in [7, 11) is 0. The molecule has 1 aliphatic carbocycles. The molecule has 9 heteroatoms. The third-order valence-corrected chi connectivity index (χ3v) is 5.23. The number of pyridine rings is 2. The minimum atomic E-state index is -0.851. The van der Waals surface area contributed by atoms with E-state index < -0.39 is 17.8 Å². The molecule has 154 valence electrons. The number of amides is 3. The summed E-state index contributed by atoms with van der Waals surface area (Å²) in [6.07, 6.45) is 4.82. The molecular weight excluding hydrogens is 387 g/mol. The number of carbonyl (C=O) groups is 2. The van der Waals surface area contributed by atoms with Crippen LogP contribution in [0.4, 0.5) is 26.5 Å². The Morgan fingerprint density at radius 2 is 1.87 bits per heavy atom. The number of fused-ring (bicyclic) bond motifs is 1. The van der Waals surface area contributed by atoms with Gasteiger partial charge >= 0.3 is 6.03 Å². The van der Waals surface area contributed by atoms with Crippen molar-refractivity contribution in [1.29, 1.82) is 0 Å². The molecule has 1 saturated carbocycles. The van der Waals surface area contributed by atoms with Gasteiger partial charge in [-0.1, -0.05) is 31.0 Å². The van der Waals surface area contributed by atoms with Gasteiger partial charge in [-0.3, -0.25) is 14.7 Å². The van der Waals surface area contributed by atoms with E-state index in [4.69, 9.17) is 11.5 Å². The predicted molar refractivity (Wildman–Crippen MR) is 112 cm³/mol.